The molecular weight excluding hydrogens is 224 g/mol. The number of H-pyrrole nitrogens is 1. The van der Waals surface area contributed by atoms with Gasteiger partial charge in [0.2, 0.25) is 0 Å². The molecule has 1 heterocycles. The zero-order valence-corrected chi connectivity index (χ0v) is 11.2. The summed E-state index contributed by atoms with van der Waals surface area (Å²) >= 11 is 0. The predicted molar refractivity (Wildman–Crippen MR) is 76.1 cm³/mol. The Balaban J connectivity index is 2.22. The van der Waals surface area contributed by atoms with Gasteiger partial charge in [0, 0.05) is 24.4 Å². The van der Waals surface area contributed by atoms with Gasteiger partial charge in [-0.2, -0.15) is 0 Å². The number of nitrogens with two attached hydrogens (primary N) is 1. The number of ketones is 1. The summed E-state index contributed by atoms with van der Waals surface area (Å²) in [5.41, 5.74) is 7.43. The summed E-state index contributed by atoms with van der Waals surface area (Å²) in [7, 11) is 0. The molecule has 3 heteroatoms. The summed E-state index contributed by atoms with van der Waals surface area (Å²) in [6.07, 6.45) is 10.1. The maximum atomic E-state index is 11.6. The molecule has 0 aliphatic rings. The number of carbonyl (C=O) groups excluding carboxylic acids is 1. The van der Waals surface area contributed by atoms with Crippen LogP contribution in [0.4, 0.5) is 0 Å². The second-order valence-electron chi connectivity index (χ2n) is 4.61. The average molecular weight is 248 g/mol. The van der Waals surface area contributed by atoms with Crippen LogP contribution in [0.5, 0.6) is 0 Å². The molecule has 0 amide bonds. The Hall–Kier alpha value is -1.35. The molecule has 0 aromatic carbocycles. The van der Waals surface area contributed by atoms with Gasteiger partial charge in [0.05, 0.1) is 0 Å². The van der Waals surface area contributed by atoms with Crippen molar-refractivity contribution < 1.29 is 4.79 Å². The van der Waals surface area contributed by atoms with E-state index in [4.69, 9.17) is 5.73 Å². The first kappa shape index (κ1) is 14.7. The molecule has 3 nitrogen and oxygen atoms in total. The van der Waals surface area contributed by atoms with E-state index in [9.17, 15) is 4.79 Å². The van der Waals surface area contributed by atoms with Gasteiger partial charge >= 0.3 is 0 Å². The maximum Gasteiger partial charge on any atom is 0.155 e. The number of rotatable bonds is 9. The summed E-state index contributed by atoms with van der Waals surface area (Å²) in [4.78, 5) is 14.7. The van der Waals surface area contributed by atoms with Crippen molar-refractivity contribution >= 4 is 11.9 Å². The lowest BCUT2D eigenvalue weighted by Crippen LogP contribution is -1.95. The lowest BCUT2D eigenvalue weighted by molar-refractivity contribution is -0.114. The molecule has 0 aliphatic heterocycles. The van der Waals surface area contributed by atoms with Crippen LogP contribution in [0.3, 0.4) is 0 Å². The van der Waals surface area contributed by atoms with E-state index in [2.05, 4.69) is 11.9 Å². The lowest BCUT2D eigenvalue weighted by Gasteiger charge is -1.97. The van der Waals surface area contributed by atoms with Crippen molar-refractivity contribution in [3.05, 3.63) is 29.6 Å². The van der Waals surface area contributed by atoms with Crippen LogP contribution in [-0.4, -0.2) is 10.8 Å². The number of nitrogens with one attached hydrogen (secondary N) is 1. The number of aromatic amines is 1. The monoisotopic (exact) mass is 248 g/mol. The lowest BCUT2D eigenvalue weighted by atomic mass is 10.1. The van der Waals surface area contributed by atoms with E-state index in [1.165, 1.54) is 19.3 Å². The van der Waals surface area contributed by atoms with Crippen molar-refractivity contribution in [2.24, 2.45) is 5.73 Å². The Kier molecular flexibility index (Phi) is 7.11. The molecule has 0 aliphatic carbocycles. The molecule has 18 heavy (non-hydrogen) atoms. The molecule has 100 valence electrons. The van der Waals surface area contributed by atoms with Crippen LogP contribution < -0.4 is 5.73 Å². The molecule has 0 saturated heterocycles. The maximum absolute atomic E-state index is 11.6. The van der Waals surface area contributed by atoms with Crippen LogP contribution in [0.2, 0.25) is 0 Å². The molecule has 0 bridgehead atoms. The summed E-state index contributed by atoms with van der Waals surface area (Å²) in [5.74, 6) is 0.204. The number of hydrogen-bond donors (Lipinski definition) is 2. The summed E-state index contributed by atoms with van der Waals surface area (Å²) in [6.45, 7) is 2.69. The van der Waals surface area contributed by atoms with Crippen molar-refractivity contribution in [1.29, 1.82) is 0 Å². The molecule has 1 rings (SSSR count). The fourth-order valence-electron chi connectivity index (χ4n) is 1.84. The molecule has 0 spiro atoms. The molecule has 0 fully saturated rings. The summed E-state index contributed by atoms with van der Waals surface area (Å²) in [5, 5.41) is 0. The van der Waals surface area contributed by atoms with Gasteiger partial charge in [-0.25, -0.2) is 0 Å². The van der Waals surface area contributed by atoms with E-state index in [0.29, 0.717) is 13.0 Å². The standard InChI is InChI=1S/C15H24N2O/c1-2-3-4-5-6-7-15(18)11-10-13-8-9-14(12-16)17-13/h8-11,17H,2-7,12,16H2,1H3. The Labute approximate surface area is 109 Å². The fourth-order valence-corrected chi connectivity index (χ4v) is 1.84. The highest BCUT2D eigenvalue weighted by Gasteiger charge is 1.98. The molecule has 0 radical (unpaired) electrons. The molecule has 0 atom stereocenters. The third kappa shape index (κ3) is 5.82. The van der Waals surface area contributed by atoms with Gasteiger partial charge in [-0.1, -0.05) is 32.6 Å². The van der Waals surface area contributed by atoms with Gasteiger partial charge in [0.25, 0.3) is 0 Å². The SMILES string of the molecule is CCCCCCCC(=O)C=Cc1ccc(CN)[nH]1. The van der Waals surface area contributed by atoms with E-state index in [-0.39, 0.29) is 5.78 Å². The van der Waals surface area contributed by atoms with Crippen LogP contribution in [-0.2, 0) is 11.3 Å². The van der Waals surface area contributed by atoms with E-state index >= 15 is 0 Å². The first-order valence-electron chi connectivity index (χ1n) is 6.85. The number of allylic oxidation sites excluding steroid dienone is 1. The van der Waals surface area contributed by atoms with Crippen LogP contribution >= 0.6 is 0 Å². The largest absolute Gasteiger partial charge is 0.358 e. The molecule has 1 aromatic rings. The third-order valence-corrected chi connectivity index (χ3v) is 2.96. The normalized spacial score (nSPS) is 11.2. The third-order valence-electron chi connectivity index (χ3n) is 2.96. The molecular formula is C15H24N2O. The van der Waals surface area contributed by atoms with Gasteiger partial charge in [-0.15, -0.1) is 0 Å². The Morgan fingerprint density at radius 3 is 2.72 bits per heavy atom. The van der Waals surface area contributed by atoms with Crippen molar-refractivity contribution in [1.82, 2.24) is 4.98 Å². The summed E-state index contributed by atoms with van der Waals surface area (Å²) < 4.78 is 0. The molecule has 3 N–H and O–H groups in total. The van der Waals surface area contributed by atoms with Crippen molar-refractivity contribution in [3.63, 3.8) is 0 Å². The van der Waals surface area contributed by atoms with Crippen LogP contribution in [0, 0.1) is 0 Å². The Bertz CT molecular complexity index is 380. The number of carbonyl (C=O) groups is 1. The van der Waals surface area contributed by atoms with Crippen molar-refractivity contribution in [2.75, 3.05) is 0 Å². The van der Waals surface area contributed by atoms with E-state index < -0.39 is 0 Å². The highest BCUT2D eigenvalue weighted by atomic mass is 16.1. The van der Waals surface area contributed by atoms with Crippen LogP contribution in [0.15, 0.2) is 18.2 Å². The minimum absolute atomic E-state index is 0.204. The Morgan fingerprint density at radius 1 is 1.28 bits per heavy atom. The minimum atomic E-state index is 0.204. The quantitative estimate of drug-likeness (QED) is 0.519. The van der Waals surface area contributed by atoms with Crippen molar-refractivity contribution in [2.45, 2.75) is 52.0 Å². The smallest absolute Gasteiger partial charge is 0.155 e. The van der Waals surface area contributed by atoms with Gasteiger partial charge in [0.15, 0.2) is 5.78 Å². The van der Waals surface area contributed by atoms with Gasteiger partial charge < -0.3 is 10.7 Å². The molecule has 0 unspecified atom stereocenters. The first-order chi connectivity index (χ1) is 8.76. The zero-order chi connectivity index (χ0) is 13.2. The number of hydrogen-bond acceptors (Lipinski definition) is 2. The molecule has 1 aromatic heterocycles. The predicted octanol–water partition coefficient (Wildman–Crippen LogP) is 3.42. The minimum Gasteiger partial charge on any atom is -0.358 e. The fraction of sp³-hybridized carbons (Fsp3) is 0.533. The van der Waals surface area contributed by atoms with E-state index in [1.807, 2.05) is 18.2 Å². The Morgan fingerprint density at radius 2 is 2.06 bits per heavy atom. The number of aromatic nitrogens is 1. The van der Waals surface area contributed by atoms with Crippen molar-refractivity contribution in [3.8, 4) is 0 Å². The first-order valence-corrected chi connectivity index (χ1v) is 6.85. The second kappa shape index (κ2) is 8.70. The highest BCUT2D eigenvalue weighted by Crippen LogP contribution is 2.07. The highest BCUT2D eigenvalue weighted by molar-refractivity contribution is 5.93. The average Bonchev–Trinajstić information content (AvgIpc) is 2.84. The zero-order valence-electron chi connectivity index (χ0n) is 11.2. The van der Waals surface area contributed by atoms with Gasteiger partial charge in [-0.05, 0) is 30.7 Å². The second-order valence-corrected chi connectivity index (χ2v) is 4.61. The van der Waals surface area contributed by atoms with Crippen LogP contribution in [0.25, 0.3) is 6.08 Å². The van der Waals surface area contributed by atoms with Gasteiger partial charge in [-0.3, -0.25) is 4.79 Å². The van der Waals surface area contributed by atoms with Crippen LogP contribution in [0.1, 0.15) is 56.8 Å². The number of unbranched alkanes of at least 4 members (excludes halogenated alkanes) is 4. The summed E-state index contributed by atoms with van der Waals surface area (Å²) in [6, 6.07) is 3.88. The topological polar surface area (TPSA) is 58.9 Å². The van der Waals surface area contributed by atoms with E-state index in [0.717, 1.165) is 24.2 Å². The van der Waals surface area contributed by atoms with Gasteiger partial charge in [0.1, 0.15) is 0 Å². The van der Waals surface area contributed by atoms with E-state index in [1.54, 1.807) is 6.08 Å². The molecule has 0 saturated carbocycles.